The lowest BCUT2D eigenvalue weighted by Crippen LogP contribution is -2.00. The first-order valence-corrected chi connectivity index (χ1v) is 5.89. The molecule has 94 valence electrons. The first-order chi connectivity index (χ1) is 8.69. The van der Waals surface area contributed by atoms with Gasteiger partial charge in [0.25, 0.3) is 0 Å². The summed E-state index contributed by atoms with van der Waals surface area (Å²) in [7, 11) is 1.61. The van der Waals surface area contributed by atoms with Gasteiger partial charge < -0.3 is 9.47 Å². The molecular weight excluding hydrogens is 226 g/mol. The van der Waals surface area contributed by atoms with Crippen LogP contribution in [0, 0.1) is 13.8 Å². The lowest BCUT2D eigenvalue weighted by molar-refractivity contribution is 0.296. The van der Waals surface area contributed by atoms with E-state index < -0.39 is 0 Å². The molecule has 18 heavy (non-hydrogen) atoms. The molecule has 0 aliphatic carbocycles. The number of rotatable bonds is 4. The number of nitrogens with zero attached hydrogens (tertiary/aromatic N) is 1. The lowest BCUT2D eigenvalue weighted by atomic mass is 10.1. The number of hydrogen-bond donors (Lipinski definition) is 0. The van der Waals surface area contributed by atoms with Gasteiger partial charge in [-0.15, -0.1) is 0 Å². The average Bonchev–Trinajstić information content (AvgIpc) is 2.40. The molecule has 0 radical (unpaired) electrons. The highest BCUT2D eigenvalue weighted by atomic mass is 16.5. The van der Waals surface area contributed by atoms with E-state index in [9.17, 15) is 0 Å². The molecule has 0 saturated carbocycles. The molecule has 0 unspecified atom stereocenters. The molecule has 3 nitrogen and oxygen atoms in total. The fourth-order valence-electron chi connectivity index (χ4n) is 1.67. The van der Waals surface area contributed by atoms with Gasteiger partial charge in [0.1, 0.15) is 12.4 Å². The number of aryl methyl sites for hydroxylation is 2. The zero-order chi connectivity index (χ0) is 13.0. The van der Waals surface area contributed by atoms with Crippen LogP contribution in [0.15, 0.2) is 36.4 Å². The van der Waals surface area contributed by atoms with Crippen LogP contribution in [0.4, 0.5) is 0 Å². The third kappa shape index (κ3) is 3.00. The van der Waals surface area contributed by atoms with E-state index in [-0.39, 0.29) is 0 Å². The van der Waals surface area contributed by atoms with Crippen molar-refractivity contribution >= 4 is 0 Å². The second-order valence-electron chi connectivity index (χ2n) is 4.23. The Bertz CT molecular complexity index is 538. The maximum Gasteiger partial charge on any atom is 0.213 e. The fraction of sp³-hybridized carbons (Fsp3) is 0.267. The Hall–Kier alpha value is -2.03. The molecule has 0 amide bonds. The van der Waals surface area contributed by atoms with Crippen molar-refractivity contribution in [2.75, 3.05) is 7.11 Å². The Morgan fingerprint density at radius 2 is 1.94 bits per heavy atom. The summed E-state index contributed by atoms with van der Waals surface area (Å²) in [6.45, 7) is 4.53. The largest absolute Gasteiger partial charge is 0.487 e. The van der Waals surface area contributed by atoms with Crippen molar-refractivity contribution in [3.63, 3.8) is 0 Å². The molecule has 0 bridgehead atoms. The van der Waals surface area contributed by atoms with Crippen molar-refractivity contribution in [1.82, 2.24) is 4.98 Å². The number of ether oxygens (including phenoxy) is 2. The molecule has 0 atom stereocenters. The summed E-state index contributed by atoms with van der Waals surface area (Å²) >= 11 is 0. The van der Waals surface area contributed by atoms with Crippen LogP contribution in [0.1, 0.15) is 16.8 Å². The van der Waals surface area contributed by atoms with Gasteiger partial charge in [-0.1, -0.05) is 18.2 Å². The van der Waals surface area contributed by atoms with E-state index in [4.69, 9.17) is 9.47 Å². The monoisotopic (exact) mass is 243 g/mol. The molecule has 1 aromatic heterocycles. The predicted octanol–water partition coefficient (Wildman–Crippen LogP) is 3.29. The van der Waals surface area contributed by atoms with Crippen LogP contribution in [0.25, 0.3) is 0 Å². The van der Waals surface area contributed by atoms with Crippen LogP contribution in [0.5, 0.6) is 11.6 Å². The fourth-order valence-corrected chi connectivity index (χ4v) is 1.67. The Morgan fingerprint density at radius 3 is 2.72 bits per heavy atom. The molecule has 3 heteroatoms. The Kier molecular flexibility index (Phi) is 3.82. The highest BCUT2D eigenvalue weighted by molar-refractivity contribution is 5.36. The van der Waals surface area contributed by atoms with Gasteiger partial charge in [-0.05, 0) is 37.1 Å². The Labute approximate surface area is 107 Å². The van der Waals surface area contributed by atoms with Gasteiger partial charge in [0.05, 0.1) is 12.8 Å². The topological polar surface area (TPSA) is 31.4 Å². The van der Waals surface area contributed by atoms with Crippen molar-refractivity contribution in [2.24, 2.45) is 0 Å². The van der Waals surface area contributed by atoms with Crippen LogP contribution < -0.4 is 9.47 Å². The number of aromatic nitrogens is 1. The van der Waals surface area contributed by atoms with Crippen LogP contribution >= 0.6 is 0 Å². The van der Waals surface area contributed by atoms with Crippen molar-refractivity contribution in [3.05, 3.63) is 53.2 Å². The Balaban J connectivity index is 2.08. The predicted molar refractivity (Wildman–Crippen MR) is 71.0 cm³/mol. The summed E-state index contributed by atoms with van der Waals surface area (Å²) < 4.78 is 10.9. The molecule has 1 heterocycles. The number of benzene rings is 1. The minimum Gasteiger partial charge on any atom is -0.487 e. The number of pyridine rings is 1. The summed E-state index contributed by atoms with van der Waals surface area (Å²) in [6, 6.07) is 11.8. The van der Waals surface area contributed by atoms with Crippen LogP contribution in [-0.4, -0.2) is 12.1 Å². The Morgan fingerprint density at radius 1 is 1.11 bits per heavy atom. The van der Waals surface area contributed by atoms with E-state index in [1.165, 1.54) is 5.56 Å². The molecule has 0 saturated heterocycles. The summed E-state index contributed by atoms with van der Waals surface area (Å²) in [5.74, 6) is 1.51. The average molecular weight is 243 g/mol. The van der Waals surface area contributed by atoms with Gasteiger partial charge in [0, 0.05) is 6.07 Å². The molecule has 0 spiro atoms. The summed E-state index contributed by atoms with van der Waals surface area (Å²) in [5.41, 5.74) is 3.17. The van der Waals surface area contributed by atoms with E-state index in [1.54, 1.807) is 7.11 Å². The summed E-state index contributed by atoms with van der Waals surface area (Å²) in [5, 5.41) is 0. The quantitative estimate of drug-likeness (QED) is 0.825. The highest BCUT2D eigenvalue weighted by Crippen LogP contribution is 2.20. The molecule has 1 aromatic carbocycles. The third-order valence-corrected chi connectivity index (χ3v) is 2.71. The smallest absolute Gasteiger partial charge is 0.213 e. The van der Waals surface area contributed by atoms with Crippen molar-refractivity contribution in [2.45, 2.75) is 20.5 Å². The zero-order valence-corrected chi connectivity index (χ0v) is 10.9. The molecule has 0 aliphatic heterocycles. The van der Waals surface area contributed by atoms with Crippen LogP contribution in [0.3, 0.4) is 0 Å². The highest BCUT2D eigenvalue weighted by Gasteiger charge is 2.02. The van der Waals surface area contributed by atoms with Gasteiger partial charge >= 0.3 is 0 Å². The minimum absolute atomic E-state index is 0.446. The maximum atomic E-state index is 5.79. The van der Waals surface area contributed by atoms with Gasteiger partial charge in [0.15, 0.2) is 0 Å². The molecular formula is C15H17NO2. The van der Waals surface area contributed by atoms with Crippen molar-refractivity contribution < 1.29 is 9.47 Å². The van der Waals surface area contributed by atoms with Crippen LogP contribution in [-0.2, 0) is 6.61 Å². The summed E-state index contributed by atoms with van der Waals surface area (Å²) in [6.07, 6.45) is 0. The zero-order valence-electron chi connectivity index (χ0n) is 10.9. The van der Waals surface area contributed by atoms with Gasteiger partial charge in [0.2, 0.25) is 5.88 Å². The number of hydrogen-bond acceptors (Lipinski definition) is 3. The molecule has 0 aliphatic rings. The van der Waals surface area contributed by atoms with Crippen molar-refractivity contribution in [1.29, 1.82) is 0 Å². The second kappa shape index (κ2) is 5.54. The normalized spacial score (nSPS) is 10.2. The van der Waals surface area contributed by atoms with E-state index in [2.05, 4.69) is 24.0 Å². The van der Waals surface area contributed by atoms with Gasteiger partial charge in [-0.2, -0.15) is 0 Å². The third-order valence-electron chi connectivity index (χ3n) is 2.71. The number of methoxy groups -OCH3 is 1. The van der Waals surface area contributed by atoms with Crippen LogP contribution in [0.2, 0.25) is 0 Å². The van der Waals surface area contributed by atoms with E-state index in [0.717, 1.165) is 17.0 Å². The lowest BCUT2D eigenvalue weighted by Gasteiger charge is -2.10. The molecule has 0 fully saturated rings. The molecule has 0 N–H and O–H groups in total. The van der Waals surface area contributed by atoms with Gasteiger partial charge in [-0.25, -0.2) is 4.98 Å². The first-order valence-electron chi connectivity index (χ1n) is 5.89. The standard InChI is InChI=1S/C15H17NO2/c1-11-7-8-12(2)14(9-11)18-10-13-5-4-6-15(16-13)17-3/h4-9H,10H2,1-3H3. The van der Waals surface area contributed by atoms with E-state index in [0.29, 0.717) is 12.5 Å². The first kappa shape index (κ1) is 12.4. The minimum atomic E-state index is 0.446. The van der Waals surface area contributed by atoms with E-state index in [1.807, 2.05) is 31.2 Å². The van der Waals surface area contributed by atoms with Crippen molar-refractivity contribution in [3.8, 4) is 11.6 Å². The molecule has 2 rings (SSSR count). The second-order valence-corrected chi connectivity index (χ2v) is 4.23. The maximum absolute atomic E-state index is 5.79. The SMILES string of the molecule is COc1cccc(COc2cc(C)ccc2C)n1. The van der Waals surface area contributed by atoms with Gasteiger partial charge in [-0.3, -0.25) is 0 Å². The van der Waals surface area contributed by atoms with E-state index >= 15 is 0 Å². The molecule has 2 aromatic rings. The summed E-state index contributed by atoms with van der Waals surface area (Å²) in [4.78, 5) is 4.31.